The van der Waals surface area contributed by atoms with Crippen LogP contribution in [0.25, 0.3) is 0 Å². The van der Waals surface area contributed by atoms with Gasteiger partial charge in [-0.15, -0.1) is 0 Å². The summed E-state index contributed by atoms with van der Waals surface area (Å²) in [5.41, 5.74) is 1.69. The van der Waals surface area contributed by atoms with Gasteiger partial charge in [-0.2, -0.15) is 10.4 Å². The van der Waals surface area contributed by atoms with Crippen LogP contribution in [-0.2, 0) is 6.54 Å². The molecule has 1 aliphatic rings. The Bertz CT molecular complexity index is 425. The Morgan fingerprint density at radius 1 is 1.62 bits per heavy atom. The normalized spacial score (nSPS) is 19.1. The molecule has 1 aromatic heterocycles. The molecule has 0 aromatic carbocycles. The van der Waals surface area contributed by atoms with E-state index in [1.165, 1.54) is 0 Å². The summed E-state index contributed by atoms with van der Waals surface area (Å²) in [7, 11) is 1.87. The third-order valence-electron chi connectivity index (χ3n) is 3.42. The molecule has 1 unspecified atom stereocenters. The zero-order valence-electron chi connectivity index (χ0n) is 10.1. The van der Waals surface area contributed by atoms with Crippen LogP contribution < -0.4 is 5.32 Å². The van der Waals surface area contributed by atoms with Gasteiger partial charge in [0.15, 0.2) is 0 Å². The molecule has 0 saturated heterocycles. The van der Waals surface area contributed by atoms with Gasteiger partial charge in [0.05, 0.1) is 18.3 Å². The van der Waals surface area contributed by atoms with Crippen molar-refractivity contribution in [3.8, 4) is 6.07 Å². The zero-order chi connectivity index (χ0) is 11.8. The monoisotopic (exact) mass is 218 g/mol. The van der Waals surface area contributed by atoms with Crippen LogP contribution in [0.3, 0.4) is 0 Å². The molecule has 86 valence electrons. The van der Waals surface area contributed by atoms with Gasteiger partial charge in [0.2, 0.25) is 0 Å². The predicted octanol–water partition coefficient (Wildman–Crippen LogP) is 1.39. The molecule has 1 fully saturated rings. The minimum absolute atomic E-state index is 0.441. The first kappa shape index (κ1) is 11.2. The summed E-state index contributed by atoms with van der Waals surface area (Å²) in [5, 5.41) is 17.0. The molecule has 1 heterocycles. The van der Waals surface area contributed by atoms with Gasteiger partial charge in [0.1, 0.15) is 5.54 Å². The lowest BCUT2D eigenvalue weighted by Crippen LogP contribution is -2.48. The molecule has 0 radical (unpaired) electrons. The van der Waals surface area contributed by atoms with E-state index in [1.807, 2.05) is 31.6 Å². The highest BCUT2D eigenvalue weighted by Gasteiger charge is 2.45. The van der Waals surface area contributed by atoms with Crippen molar-refractivity contribution in [2.75, 3.05) is 7.05 Å². The molecule has 1 N–H and O–H groups in total. The molecular weight excluding hydrogens is 200 g/mol. The molecule has 0 bridgehead atoms. The number of likely N-dealkylation sites (N-methyl/N-ethyl adjacent to an activating group) is 1. The Morgan fingerprint density at radius 3 is 2.69 bits per heavy atom. The first-order chi connectivity index (χ1) is 7.61. The van der Waals surface area contributed by atoms with E-state index in [1.54, 1.807) is 0 Å². The first-order valence-electron chi connectivity index (χ1n) is 5.72. The number of rotatable bonds is 4. The van der Waals surface area contributed by atoms with Crippen molar-refractivity contribution in [1.82, 2.24) is 15.1 Å². The summed E-state index contributed by atoms with van der Waals surface area (Å²) >= 11 is 0. The predicted molar refractivity (Wildman–Crippen MR) is 61.8 cm³/mol. The first-order valence-corrected chi connectivity index (χ1v) is 5.72. The second kappa shape index (κ2) is 3.91. The number of nitrogens with zero attached hydrogens (tertiary/aromatic N) is 3. The van der Waals surface area contributed by atoms with Gasteiger partial charge in [0.25, 0.3) is 0 Å². The molecule has 0 aliphatic heterocycles. The van der Waals surface area contributed by atoms with Gasteiger partial charge in [-0.25, -0.2) is 0 Å². The Hall–Kier alpha value is -1.34. The van der Waals surface area contributed by atoms with Crippen molar-refractivity contribution in [1.29, 1.82) is 5.26 Å². The largest absolute Gasteiger partial charge is 0.301 e. The van der Waals surface area contributed by atoms with Crippen LogP contribution in [0, 0.1) is 31.1 Å². The van der Waals surface area contributed by atoms with Crippen molar-refractivity contribution in [3.05, 3.63) is 17.5 Å². The van der Waals surface area contributed by atoms with Crippen molar-refractivity contribution in [2.24, 2.45) is 5.92 Å². The average molecular weight is 218 g/mol. The molecule has 4 heteroatoms. The van der Waals surface area contributed by atoms with E-state index in [-0.39, 0.29) is 0 Å². The molecule has 1 aromatic rings. The highest BCUT2D eigenvalue weighted by Crippen LogP contribution is 2.40. The summed E-state index contributed by atoms with van der Waals surface area (Å²) in [5.74, 6) is 0.478. The lowest BCUT2D eigenvalue weighted by molar-refractivity contribution is 0.322. The second-order valence-corrected chi connectivity index (χ2v) is 4.69. The lowest BCUT2D eigenvalue weighted by atomic mass is 9.95. The van der Waals surface area contributed by atoms with Crippen LogP contribution >= 0.6 is 0 Å². The fraction of sp³-hybridized carbons (Fsp3) is 0.667. The summed E-state index contributed by atoms with van der Waals surface area (Å²) in [4.78, 5) is 0. The van der Waals surface area contributed by atoms with Gasteiger partial charge in [0, 0.05) is 5.69 Å². The van der Waals surface area contributed by atoms with E-state index >= 15 is 0 Å². The molecular formula is C12H18N4. The van der Waals surface area contributed by atoms with E-state index in [0.717, 1.165) is 24.2 Å². The van der Waals surface area contributed by atoms with E-state index in [0.29, 0.717) is 12.5 Å². The highest BCUT2D eigenvalue weighted by molar-refractivity contribution is 5.16. The maximum Gasteiger partial charge on any atom is 0.129 e. The average Bonchev–Trinajstić information content (AvgIpc) is 3.04. The van der Waals surface area contributed by atoms with Gasteiger partial charge < -0.3 is 5.32 Å². The van der Waals surface area contributed by atoms with Crippen molar-refractivity contribution < 1.29 is 0 Å². The maximum absolute atomic E-state index is 9.39. The Morgan fingerprint density at radius 2 is 2.31 bits per heavy atom. The molecule has 4 nitrogen and oxygen atoms in total. The third-order valence-corrected chi connectivity index (χ3v) is 3.42. The minimum atomic E-state index is -0.441. The lowest BCUT2D eigenvalue weighted by Gasteiger charge is -2.26. The van der Waals surface area contributed by atoms with Crippen molar-refractivity contribution >= 4 is 0 Å². The van der Waals surface area contributed by atoms with E-state index < -0.39 is 5.54 Å². The SMILES string of the molecule is CNC(C#N)(Cn1nc(C)cc1C)C1CC1. The van der Waals surface area contributed by atoms with Crippen LogP contribution in [0.2, 0.25) is 0 Å². The molecule has 0 spiro atoms. The summed E-state index contributed by atoms with van der Waals surface area (Å²) < 4.78 is 1.94. The summed E-state index contributed by atoms with van der Waals surface area (Å²) in [6.45, 7) is 4.66. The molecule has 0 amide bonds. The van der Waals surface area contributed by atoms with Gasteiger partial charge >= 0.3 is 0 Å². The number of aromatic nitrogens is 2. The van der Waals surface area contributed by atoms with Crippen LogP contribution in [0.5, 0.6) is 0 Å². The van der Waals surface area contributed by atoms with E-state index in [4.69, 9.17) is 0 Å². The fourth-order valence-electron chi connectivity index (χ4n) is 2.24. The fourth-order valence-corrected chi connectivity index (χ4v) is 2.24. The third kappa shape index (κ3) is 1.83. The molecule has 16 heavy (non-hydrogen) atoms. The minimum Gasteiger partial charge on any atom is -0.301 e. The van der Waals surface area contributed by atoms with Crippen LogP contribution in [0.15, 0.2) is 6.07 Å². The maximum atomic E-state index is 9.39. The van der Waals surface area contributed by atoms with Gasteiger partial charge in [-0.3, -0.25) is 4.68 Å². The molecule has 1 aliphatic carbocycles. The number of nitriles is 1. The Balaban J connectivity index is 2.24. The van der Waals surface area contributed by atoms with E-state index in [9.17, 15) is 5.26 Å². The standard InChI is InChI=1S/C12H18N4/c1-9-6-10(2)16(15-9)8-12(7-13,14-3)11-4-5-11/h6,11,14H,4-5,8H2,1-3H3. The van der Waals surface area contributed by atoms with E-state index in [2.05, 4.69) is 16.5 Å². The van der Waals surface area contributed by atoms with Crippen molar-refractivity contribution in [3.63, 3.8) is 0 Å². The number of nitrogens with one attached hydrogen (secondary N) is 1. The summed E-state index contributed by atoms with van der Waals surface area (Å²) in [6, 6.07) is 4.49. The molecule has 2 rings (SSSR count). The van der Waals surface area contributed by atoms with Crippen LogP contribution in [0.4, 0.5) is 0 Å². The smallest absolute Gasteiger partial charge is 0.129 e. The zero-order valence-corrected chi connectivity index (χ0v) is 10.1. The quantitative estimate of drug-likeness (QED) is 0.831. The number of hydrogen-bond donors (Lipinski definition) is 1. The summed E-state index contributed by atoms with van der Waals surface area (Å²) in [6.07, 6.45) is 2.29. The second-order valence-electron chi connectivity index (χ2n) is 4.69. The van der Waals surface area contributed by atoms with Gasteiger partial charge in [-0.1, -0.05) is 0 Å². The Kier molecular flexibility index (Phi) is 2.73. The van der Waals surface area contributed by atoms with Crippen LogP contribution in [-0.4, -0.2) is 22.4 Å². The van der Waals surface area contributed by atoms with Crippen LogP contribution in [0.1, 0.15) is 24.2 Å². The number of aryl methyl sites for hydroxylation is 2. The van der Waals surface area contributed by atoms with Gasteiger partial charge in [-0.05, 0) is 45.7 Å². The molecule has 1 saturated carbocycles. The Labute approximate surface area is 96.3 Å². The topological polar surface area (TPSA) is 53.6 Å². The highest BCUT2D eigenvalue weighted by atomic mass is 15.3. The van der Waals surface area contributed by atoms with Crippen molar-refractivity contribution in [2.45, 2.75) is 38.8 Å². The molecule has 1 atom stereocenters. The number of hydrogen-bond acceptors (Lipinski definition) is 3.